The average molecular weight is 416 g/mol. The van der Waals surface area contributed by atoms with Crippen LogP contribution in [0, 0.1) is 18.8 Å². The Morgan fingerprint density at radius 2 is 2.13 bits per heavy atom. The second-order valence-corrected chi connectivity index (χ2v) is 7.29. The number of benzene rings is 1. The zero-order valence-electron chi connectivity index (χ0n) is 17.0. The smallest absolute Gasteiger partial charge is 0.290 e. The molecule has 1 fully saturated rings. The van der Waals surface area contributed by atoms with Gasteiger partial charge in [0.25, 0.3) is 11.8 Å². The number of carbonyl (C=O) groups excluding carboxylic acids is 2. The van der Waals surface area contributed by atoms with Gasteiger partial charge in [-0.25, -0.2) is 15.4 Å². The van der Waals surface area contributed by atoms with Crippen LogP contribution in [-0.4, -0.2) is 60.9 Å². The normalized spacial score (nSPS) is 17.9. The first-order valence-corrected chi connectivity index (χ1v) is 9.61. The Morgan fingerprint density at radius 3 is 2.84 bits per heavy atom. The highest BCUT2D eigenvalue weighted by Gasteiger charge is 2.42. The summed E-state index contributed by atoms with van der Waals surface area (Å²) in [5, 5.41) is 14.9. The van der Waals surface area contributed by atoms with Crippen molar-refractivity contribution in [3.63, 3.8) is 0 Å². The molecule has 0 unspecified atom stereocenters. The van der Waals surface area contributed by atoms with Gasteiger partial charge in [-0.1, -0.05) is 24.0 Å². The molecule has 3 aromatic rings. The molecule has 0 saturated carbocycles. The van der Waals surface area contributed by atoms with Gasteiger partial charge < -0.3 is 10.0 Å². The van der Waals surface area contributed by atoms with Crippen molar-refractivity contribution < 1.29 is 14.7 Å². The highest BCUT2D eigenvalue weighted by molar-refractivity contribution is 5.98. The first-order chi connectivity index (χ1) is 14.9. The topological polar surface area (TPSA) is 113 Å². The molecule has 31 heavy (non-hydrogen) atoms. The summed E-state index contributed by atoms with van der Waals surface area (Å²) in [5.41, 5.74) is 4.06. The van der Waals surface area contributed by atoms with Gasteiger partial charge in [-0.2, -0.15) is 9.89 Å². The van der Waals surface area contributed by atoms with Crippen LogP contribution in [0.5, 0.6) is 0 Å². The van der Waals surface area contributed by atoms with E-state index < -0.39 is 11.5 Å². The van der Waals surface area contributed by atoms with Crippen molar-refractivity contribution in [2.75, 3.05) is 19.0 Å². The second-order valence-electron chi connectivity index (χ2n) is 7.29. The summed E-state index contributed by atoms with van der Waals surface area (Å²) < 4.78 is 0. The molecule has 0 spiro atoms. The van der Waals surface area contributed by atoms with Crippen LogP contribution < -0.4 is 5.43 Å². The molecule has 1 aliphatic rings. The molecule has 1 aromatic carbocycles. The third-order valence-corrected chi connectivity index (χ3v) is 4.99. The van der Waals surface area contributed by atoms with Gasteiger partial charge >= 0.3 is 0 Å². The van der Waals surface area contributed by atoms with E-state index in [2.05, 4.69) is 32.3 Å². The Morgan fingerprint density at radius 1 is 1.29 bits per heavy atom. The number of amides is 2. The second kappa shape index (κ2) is 8.01. The summed E-state index contributed by atoms with van der Waals surface area (Å²) in [7, 11) is 1.64. The van der Waals surface area contributed by atoms with Gasteiger partial charge in [0.15, 0.2) is 0 Å². The minimum Gasteiger partial charge on any atom is -0.369 e. The molecule has 9 heteroatoms. The fraction of sp³-hybridized carbons (Fsp3) is 0.227. The third-order valence-electron chi connectivity index (χ3n) is 4.99. The van der Waals surface area contributed by atoms with Gasteiger partial charge in [0.2, 0.25) is 5.60 Å². The van der Waals surface area contributed by atoms with Gasteiger partial charge in [0.1, 0.15) is 12.0 Å². The zero-order valence-corrected chi connectivity index (χ0v) is 17.0. The van der Waals surface area contributed by atoms with Gasteiger partial charge in [-0.05, 0) is 31.2 Å². The zero-order chi connectivity index (χ0) is 22.0. The lowest BCUT2D eigenvalue weighted by Crippen LogP contribution is -2.37. The molecule has 2 N–H and O–H groups in total. The van der Waals surface area contributed by atoms with E-state index in [9.17, 15) is 14.7 Å². The lowest BCUT2D eigenvalue weighted by molar-refractivity contribution is -0.137. The molecule has 156 valence electrons. The lowest BCUT2D eigenvalue weighted by Gasteiger charge is -2.13. The maximum absolute atomic E-state index is 12.3. The largest absolute Gasteiger partial charge is 0.369 e. The fourth-order valence-corrected chi connectivity index (χ4v) is 3.21. The van der Waals surface area contributed by atoms with Crippen molar-refractivity contribution in [3.8, 4) is 23.1 Å². The van der Waals surface area contributed by atoms with Crippen molar-refractivity contribution in [3.05, 3.63) is 65.9 Å². The standard InChI is InChI=1S/C22H20N6O3/c1-15-12-19(25-28(15)26-20(29)18-7-10-23-14-24-18)17-5-3-4-16(13-17)6-8-22(31)9-11-27(2)21(22)30/h3-5,7,10,12-14,31H,9,11H2,1-2H3,(H,26,29)/t22-/m0/s1. The van der Waals surface area contributed by atoms with Crippen LogP contribution in [0.25, 0.3) is 11.3 Å². The van der Waals surface area contributed by atoms with Crippen molar-refractivity contribution >= 4 is 11.8 Å². The van der Waals surface area contributed by atoms with E-state index in [-0.39, 0.29) is 18.0 Å². The first kappa shape index (κ1) is 20.3. The molecule has 0 aliphatic carbocycles. The van der Waals surface area contributed by atoms with Crippen molar-refractivity contribution in [1.29, 1.82) is 0 Å². The minimum absolute atomic E-state index is 0.230. The molecule has 0 bridgehead atoms. The van der Waals surface area contributed by atoms with Crippen molar-refractivity contribution in [1.82, 2.24) is 24.8 Å². The van der Waals surface area contributed by atoms with Crippen LogP contribution in [0.4, 0.5) is 0 Å². The fourth-order valence-electron chi connectivity index (χ4n) is 3.21. The van der Waals surface area contributed by atoms with Gasteiger partial charge in [0.05, 0.1) is 11.4 Å². The monoisotopic (exact) mass is 416 g/mol. The predicted octanol–water partition coefficient (Wildman–Crippen LogP) is 0.977. The summed E-state index contributed by atoms with van der Waals surface area (Å²) in [6.07, 6.45) is 3.07. The van der Waals surface area contributed by atoms with Crippen LogP contribution in [0.2, 0.25) is 0 Å². The Balaban J connectivity index is 1.55. The number of hydrogen-bond donors (Lipinski definition) is 2. The van der Waals surface area contributed by atoms with E-state index in [1.165, 1.54) is 28.3 Å². The third kappa shape index (κ3) is 4.15. The highest BCUT2D eigenvalue weighted by Crippen LogP contribution is 2.22. The average Bonchev–Trinajstić information content (AvgIpc) is 3.28. The van der Waals surface area contributed by atoms with Gasteiger partial charge in [0, 0.05) is 37.3 Å². The van der Waals surface area contributed by atoms with E-state index >= 15 is 0 Å². The maximum Gasteiger partial charge on any atom is 0.290 e. The number of likely N-dealkylation sites (tertiary alicyclic amines) is 1. The van der Waals surface area contributed by atoms with Crippen LogP contribution in [0.1, 0.15) is 28.2 Å². The van der Waals surface area contributed by atoms with E-state index in [0.29, 0.717) is 17.8 Å². The molecule has 1 aliphatic heterocycles. The van der Waals surface area contributed by atoms with E-state index in [1.807, 2.05) is 31.2 Å². The number of aryl methyl sites for hydroxylation is 1. The van der Waals surface area contributed by atoms with Crippen LogP contribution >= 0.6 is 0 Å². The van der Waals surface area contributed by atoms with E-state index in [1.54, 1.807) is 13.1 Å². The molecular formula is C22H20N6O3. The van der Waals surface area contributed by atoms with Crippen LogP contribution in [-0.2, 0) is 4.79 Å². The Bertz CT molecular complexity index is 1210. The summed E-state index contributed by atoms with van der Waals surface area (Å²) in [6.45, 7) is 2.29. The molecule has 1 atom stereocenters. The summed E-state index contributed by atoms with van der Waals surface area (Å²) >= 11 is 0. The summed E-state index contributed by atoms with van der Waals surface area (Å²) in [5.74, 6) is 4.82. The van der Waals surface area contributed by atoms with Crippen molar-refractivity contribution in [2.24, 2.45) is 0 Å². The minimum atomic E-state index is -1.64. The SMILES string of the molecule is Cc1cc(-c2cccc(C#C[C@]3(O)CCN(C)C3=O)c2)nn1NC(=O)c1ccncn1. The molecule has 9 nitrogen and oxygen atoms in total. The van der Waals surface area contributed by atoms with E-state index in [4.69, 9.17) is 0 Å². The number of nitrogens with zero attached hydrogens (tertiary/aromatic N) is 5. The summed E-state index contributed by atoms with van der Waals surface area (Å²) in [4.78, 5) is 35.0. The Kier molecular flexibility index (Phi) is 5.23. The number of nitrogens with one attached hydrogen (secondary N) is 1. The Labute approximate surface area is 178 Å². The van der Waals surface area contributed by atoms with Crippen molar-refractivity contribution in [2.45, 2.75) is 18.9 Å². The van der Waals surface area contributed by atoms with Gasteiger partial charge in [-0.15, -0.1) is 0 Å². The molecule has 2 amide bonds. The summed E-state index contributed by atoms with van der Waals surface area (Å²) in [6, 6.07) is 10.6. The lowest BCUT2D eigenvalue weighted by atomic mass is 10.0. The number of rotatable bonds is 3. The van der Waals surface area contributed by atoms with E-state index in [0.717, 1.165) is 11.3 Å². The van der Waals surface area contributed by atoms with Gasteiger partial charge in [-0.3, -0.25) is 9.59 Å². The number of aliphatic hydroxyl groups is 1. The Hall–Kier alpha value is -4.03. The number of aromatic nitrogens is 4. The molecule has 4 rings (SSSR count). The molecule has 1 saturated heterocycles. The predicted molar refractivity (Wildman–Crippen MR) is 112 cm³/mol. The molecule has 2 aromatic heterocycles. The number of carbonyl (C=O) groups is 2. The quantitative estimate of drug-likeness (QED) is 0.616. The molecular weight excluding hydrogens is 396 g/mol. The number of hydrogen-bond acceptors (Lipinski definition) is 6. The maximum atomic E-state index is 12.3. The molecule has 3 heterocycles. The molecule has 0 radical (unpaired) electrons. The van der Waals surface area contributed by atoms with Crippen LogP contribution in [0.15, 0.2) is 48.9 Å². The first-order valence-electron chi connectivity index (χ1n) is 9.61. The van der Waals surface area contributed by atoms with Crippen LogP contribution in [0.3, 0.4) is 0 Å². The number of likely N-dealkylation sites (N-methyl/N-ethyl adjacent to an activating group) is 1. The highest BCUT2D eigenvalue weighted by atomic mass is 16.3.